The van der Waals surface area contributed by atoms with E-state index in [1.807, 2.05) is 0 Å². The zero-order valence-corrected chi connectivity index (χ0v) is 20.2. The Kier molecular flexibility index (Phi) is 6.99. The number of nitrogens with zero attached hydrogens (tertiary/aromatic N) is 2. The number of alkyl halides is 3. The maximum absolute atomic E-state index is 13.6. The number of benzene rings is 2. The van der Waals surface area contributed by atoms with E-state index in [-0.39, 0.29) is 18.0 Å². The molecule has 10 heteroatoms. The predicted molar refractivity (Wildman–Crippen MR) is 126 cm³/mol. The average Bonchev–Trinajstić information content (AvgIpc) is 2.81. The van der Waals surface area contributed by atoms with Crippen molar-refractivity contribution in [3.63, 3.8) is 0 Å². The van der Waals surface area contributed by atoms with Crippen LogP contribution in [-0.2, 0) is 28.7 Å². The molecule has 0 radical (unpaired) electrons. The number of carbonyl (C=O) groups excluding carboxylic acids is 2. The SMILES string of the molecule is COC(=O)c1ccc(CC2Sc3nc(Br)ccc3N(Cc3ccccc3C(F)(F)F)C2=O)cc1. The molecule has 3 aromatic rings. The minimum absolute atomic E-state index is 0.00491. The number of amides is 1. The highest BCUT2D eigenvalue weighted by Crippen LogP contribution is 2.41. The number of hydrogen-bond donors (Lipinski definition) is 0. The maximum Gasteiger partial charge on any atom is 0.416 e. The van der Waals surface area contributed by atoms with Crippen LogP contribution >= 0.6 is 27.7 Å². The summed E-state index contributed by atoms with van der Waals surface area (Å²) in [7, 11) is 1.29. The Morgan fingerprint density at radius 1 is 1.12 bits per heavy atom. The van der Waals surface area contributed by atoms with Gasteiger partial charge in [0.2, 0.25) is 5.91 Å². The van der Waals surface area contributed by atoms with E-state index in [4.69, 9.17) is 4.74 Å². The van der Waals surface area contributed by atoms with Gasteiger partial charge in [0.15, 0.2) is 0 Å². The molecule has 5 nitrogen and oxygen atoms in total. The summed E-state index contributed by atoms with van der Waals surface area (Å²) in [5.41, 5.74) is 0.878. The third-order valence-electron chi connectivity index (χ3n) is 5.34. The molecular formula is C24H18BrF3N2O3S. The molecule has 1 aliphatic heterocycles. The van der Waals surface area contributed by atoms with Crippen molar-refractivity contribution in [3.05, 3.63) is 87.5 Å². The molecule has 34 heavy (non-hydrogen) atoms. The van der Waals surface area contributed by atoms with Crippen LogP contribution < -0.4 is 4.90 Å². The van der Waals surface area contributed by atoms with E-state index in [0.29, 0.717) is 27.3 Å². The van der Waals surface area contributed by atoms with Crippen molar-refractivity contribution in [2.24, 2.45) is 0 Å². The van der Waals surface area contributed by atoms with Gasteiger partial charge in [-0.25, -0.2) is 9.78 Å². The van der Waals surface area contributed by atoms with Crippen LogP contribution in [-0.4, -0.2) is 29.2 Å². The molecule has 1 aromatic heterocycles. The van der Waals surface area contributed by atoms with Gasteiger partial charge in [-0.3, -0.25) is 4.79 Å². The van der Waals surface area contributed by atoms with Crippen LogP contribution in [0.25, 0.3) is 0 Å². The molecule has 2 heterocycles. The molecule has 0 fully saturated rings. The summed E-state index contributed by atoms with van der Waals surface area (Å²) in [6.45, 7) is -0.233. The van der Waals surface area contributed by atoms with E-state index in [1.54, 1.807) is 36.4 Å². The van der Waals surface area contributed by atoms with Crippen LogP contribution in [0.15, 0.2) is 70.3 Å². The van der Waals surface area contributed by atoms with E-state index < -0.39 is 23.0 Å². The minimum atomic E-state index is -4.54. The minimum Gasteiger partial charge on any atom is -0.465 e. The smallest absolute Gasteiger partial charge is 0.416 e. The van der Waals surface area contributed by atoms with Gasteiger partial charge in [0.25, 0.3) is 0 Å². The summed E-state index contributed by atoms with van der Waals surface area (Å²) in [6, 6.07) is 15.3. The van der Waals surface area contributed by atoms with Gasteiger partial charge in [-0.1, -0.05) is 42.1 Å². The lowest BCUT2D eigenvalue weighted by atomic mass is 10.0. The summed E-state index contributed by atoms with van der Waals surface area (Å²) >= 11 is 4.59. The maximum atomic E-state index is 13.6. The first kappa shape index (κ1) is 24.3. The largest absolute Gasteiger partial charge is 0.465 e. The molecule has 0 aliphatic carbocycles. The van der Waals surface area contributed by atoms with Gasteiger partial charge in [-0.05, 0) is 63.8 Å². The van der Waals surface area contributed by atoms with Gasteiger partial charge in [-0.15, -0.1) is 0 Å². The number of thioether (sulfide) groups is 1. The van der Waals surface area contributed by atoms with Gasteiger partial charge >= 0.3 is 12.1 Å². The molecule has 2 aromatic carbocycles. The number of fused-ring (bicyclic) bond motifs is 1. The van der Waals surface area contributed by atoms with E-state index in [2.05, 4.69) is 20.9 Å². The fourth-order valence-corrected chi connectivity index (χ4v) is 5.34. The van der Waals surface area contributed by atoms with Crippen LogP contribution in [0.3, 0.4) is 0 Å². The number of anilines is 1. The number of pyridine rings is 1. The van der Waals surface area contributed by atoms with Gasteiger partial charge < -0.3 is 9.64 Å². The Bertz CT molecular complexity index is 1230. The van der Waals surface area contributed by atoms with Crippen LogP contribution in [0.2, 0.25) is 0 Å². The summed E-state index contributed by atoms with van der Waals surface area (Å²) in [6.07, 6.45) is -4.22. The topological polar surface area (TPSA) is 59.5 Å². The highest BCUT2D eigenvalue weighted by Gasteiger charge is 2.38. The molecule has 176 valence electrons. The molecular weight excluding hydrogens is 533 g/mol. The molecule has 1 amide bonds. The Hall–Kier alpha value is -2.85. The van der Waals surface area contributed by atoms with Gasteiger partial charge in [0.05, 0.1) is 35.7 Å². The highest BCUT2D eigenvalue weighted by atomic mass is 79.9. The normalized spacial score (nSPS) is 15.7. The zero-order chi connectivity index (χ0) is 24.5. The Labute approximate surface area is 206 Å². The molecule has 0 spiro atoms. The lowest BCUT2D eigenvalue weighted by Crippen LogP contribution is -2.42. The van der Waals surface area contributed by atoms with Crippen molar-refractivity contribution in [1.29, 1.82) is 0 Å². The van der Waals surface area contributed by atoms with E-state index in [1.165, 1.54) is 42.0 Å². The number of rotatable bonds is 5. The quantitative estimate of drug-likeness (QED) is 0.292. The lowest BCUT2D eigenvalue weighted by molar-refractivity contribution is -0.138. The molecule has 0 saturated heterocycles. The third-order valence-corrected chi connectivity index (χ3v) is 6.96. The Morgan fingerprint density at radius 3 is 2.50 bits per heavy atom. The predicted octanol–water partition coefficient (Wildman–Crippen LogP) is 5.90. The average molecular weight is 551 g/mol. The second-order valence-electron chi connectivity index (χ2n) is 7.54. The van der Waals surface area contributed by atoms with Crippen molar-refractivity contribution in [2.75, 3.05) is 12.0 Å². The number of aromatic nitrogens is 1. The number of esters is 1. The third kappa shape index (κ3) is 5.12. The number of halogens is 4. The summed E-state index contributed by atoms with van der Waals surface area (Å²) in [5, 5.41) is -0.0500. The second-order valence-corrected chi connectivity index (χ2v) is 9.54. The van der Waals surface area contributed by atoms with Crippen LogP contribution in [0.4, 0.5) is 18.9 Å². The van der Waals surface area contributed by atoms with Crippen LogP contribution in [0.5, 0.6) is 0 Å². The van der Waals surface area contributed by atoms with Crippen molar-refractivity contribution < 1.29 is 27.5 Å². The fraction of sp³-hybridized carbons (Fsp3) is 0.208. The van der Waals surface area contributed by atoms with Crippen LogP contribution in [0.1, 0.15) is 27.0 Å². The van der Waals surface area contributed by atoms with Gasteiger partial charge in [0.1, 0.15) is 9.63 Å². The fourth-order valence-electron chi connectivity index (χ4n) is 3.69. The Balaban J connectivity index is 1.66. The molecule has 0 bridgehead atoms. The van der Waals surface area contributed by atoms with Gasteiger partial charge in [-0.2, -0.15) is 13.2 Å². The van der Waals surface area contributed by atoms with Crippen molar-refractivity contribution in [2.45, 2.75) is 29.4 Å². The molecule has 1 atom stereocenters. The zero-order valence-electron chi connectivity index (χ0n) is 17.8. The van der Waals surface area contributed by atoms with E-state index in [0.717, 1.165) is 11.6 Å². The summed E-state index contributed by atoms with van der Waals surface area (Å²) in [4.78, 5) is 31.0. The molecule has 4 rings (SSSR count). The summed E-state index contributed by atoms with van der Waals surface area (Å²) in [5.74, 6) is -0.775. The number of hydrogen-bond acceptors (Lipinski definition) is 5. The van der Waals surface area contributed by atoms with E-state index >= 15 is 0 Å². The molecule has 1 unspecified atom stereocenters. The monoisotopic (exact) mass is 550 g/mol. The van der Waals surface area contributed by atoms with Crippen molar-refractivity contribution in [3.8, 4) is 0 Å². The number of ether oxygens (including phenoxy) is 1. The first-order valence-electron chi connectivity index (χ1n) is 10.1. The van der Waals surface area contributed by atoms with Crippen molar-refractivity contribution in [1.82, 2.24) is 4.98 Å². The molecule has 0 N–H and O–H groups in total. The van der Waals surface area contributed by atoms with Gasteiger partial charge in [0, 0.05) is 0 Å². The highest BCUT2D eigenvalue weighted by molar-refractivity contribution is 9.10. The Morgan fingerprint density at radius 2 is 1.82 bits per heavy atom. The second kappa shape index (κ2) is 9.79. The first-order valence-corrected chi connectivity index (χ1v) is 11.8. The number of carbonyl (C=O) groups is 2. The standard InChI is InChI=1S/C24H18BrF3N2O3S/c1-33-23(32)15-8-6-14(7-9-15)12-19-22(31)30(18-10-11-20(25)29-21(18)34-19)13-16-4-2-3-5-17(16)24(26,27)28/h2-11,19H,12-13H2,1H3. The molecule has 1 aliphatic rings. The first-order chi connectivity index (χ1) is 16.2. The number of methoxy groups -OCH3 is 1. The van der Waals surface area contributed by atoms with Crippen molar-refractivity contribution >= 4 is 45.3 Å². The summed E-state index contributed by atoms with van der Waals surface area (Å²) < 4.78 is 46.0. The van der Waals surface area contributed by atoms with E-state index in [9.17, 15) is 22.8 Å². The molecule has 0 saturated carbocycles. The lowest BCUT2D eigenvalue weighted by Gasteiger charge is -2.33. The van der Waals surface area contributed by atoms with Crippen LogP contribution in [0, 0.1) is 0 Å².